The molecule has 110 valence electrons. The number of nitrogens with one attached hydrogen (secondary N) is 1. The SMILES string of the molecule is Cc1ccc(C(C)C)cc1OC(=O)Nc1ccc(Br)cc1. The minimum atomic E-state index is -0.485. The molecule has 0 saturated heterocycles. The predicted octanol–water partition coefficient (Wildman–Crippen LogP) is 5.49. The Bertz CT molecular complexity index is 636. The van der Waals surface area contributed by atoms with Crippen LogP contribution in [0, 0.1) is 6.92 Å². The van der Waals surface area contributed by atoms with Crippen molar-refractivity contribution in [3.05, 3.63) is 58.1 Å². The van der Waals surface area contributed by atoms with Crippen molar-refractivity contribution in [1.82, 2.24) is 0 Å². The first-order chi connectivity index (χ1) is 9.95. The largest absolute Gasteiger partial charge is 0.417 e. The Hall–Kier alpha value is -1.81. The summed E-state index contributed by atoms with van der Waals surface area (Å²) in [5, 5.41) is 2.71. The normalized spacial score (nSPS) is 10.5. The van der Waals surface area contributed by atoms with E-state index in [1.165, 1.54) is 0 Å². The van der Waals surface area contributed by atoms with Gasteiger partial charge < -0.3 is 4.74 Å². The zero-order chi connectivity index (χ0) is 15.4. The van der Waals surface area contributed by atoms with Gasteiger partial charge in [0.1, 0.15) is 5.75 Å². The number of amides is 1. The fourth-order valence-corrected chi connectivity index (χ4v) is 2.13. The van der Waals surface area contributed by atoms with Crippen molar-refractivity contribution in [2.45, 2.75) is 26.7 Å². The number of anilines is 1. The van der Waals surface area contributed by atoms with E-state index in [9.17, 15) is 4.79 Å². The third-order valence-electron chi connectivity index (χ3n) is 3.17. The van der Waals surface area contributed by atoms with Gasteiger partial charge in [0.15, 0.2) is 0 Å². The molecule has 0 unspecified atom stereocenters. The number of ether oxygens (including phenoxy) is 1. The van der Waals surface area contributed by atoms with Crippen molar-refractivity contribution >= 4 is 27.7 Å². The molecule has 0 atom stereocenters. The summed E-state index contributed by atoms with van der Waals surface area (Å²) in [5.74, 6) is 0.985. The number of hydrogen-bond acceptors (Lipinski definition) is 2. The summed E-state index contributed by atoms with van der Waals surface area (Å²) in [5.41, 5.74) is 2.78. The first-order valence-electron chi connectivity index (χ1n) is 6.80. The second-order valence-electron chi connectivity index (χ2n) is 5.20. The zero-order valence-electron chi connectivity index (χ0n) is 12.3. The summed E-state index contributed by atoms with van der Waals surface area (Å²) in [6.07, 6.45) is -0.485. The fraction of sp³-hybridized carbons (Fsp3) is 0.235. The maximum atomic E-state index is 12.0. The van der Waals surface area contributed by atoms with E-state index in [4.69, 9.17) is 4.74 Å². The van der Waals surface area contributed by atoms with Gasteiger partial charge in [0, 0.05) is 10.2 Å². The Labute approximate surface area is 133 Å². The quantitative estimate of drug-likeness (QED) is 0.796. The van der Waals surface area contributed by atoms with Crippen LogP contribution in [0.15, 0.2) is 46.9 Å². The molecule has 1 N–H and O–H groups in total. The molecule has 0 aliphatic heterocycles. The molecule has 4 heteroatoms. The van der Waals surface area contributed by atoms with Crippen molar-refractivity contribution in [3.63, 3.8) is 0 Å². The van der Waals surface area contributed by atoms with E-state index in [-0.39, 0.29) is 0 Å². The van der Waals surface area contributed by atoms with Gasteiger partial charge in [0.05, 0.1) is 0 Å². The molecule has 0 aromatic heterocycles. The number of aryl methyl sites for hydroxylation is 1. The average Bonchev–Trinajstić information content (AvgIpc) is 2.43. The number of benzene rings is 2. The molecule has 2 aromatic rings. The van der Waals surface area contributed by atoms with Crippen LogP contribution in [0.2, 0.25) is 0 Å². The van der Waals surface area contributed by atoms with Crippen LogP contribution in [0.1, 0.15) is 30.9 Å². The molecular weight excluding hydrogens is 330 g/mol. The Morgan fingerprint density at radius 1 is 1.14 bits per heavy atom. The molecular formula is C17H18BrNO2. The lowest BCUT2D eigenvalue weighted by Gasteiger charge is -2.12. The van der Waals surface area contributed by atoms with Crippen molar-refractivity contribution < 1.29 is 9.53 Å². The number of halogens is 1. The van der Waals surface area contributed by atoms with E-state index in [2.05, 4.69) is 41.2 Å². The molecule has 0 radical (unpaired) electrons. The standard InChI is InChI=1S/C17H18BrNO2/c1-11(2)13-5-4-12(3)16(10-13)21-17(20)19-15-8-6-14(18)7-9-15/h4-11H,1-3H3,(H,19,20). The number of carbonyl (C=O) groups is 1. The summed E-state index contributed by atoms with van der Waals surface area (Å²) in [6.45, 7) is 6.14. The van der Waals surface area contributed by atoms with Crippen molar-refractivity contribution in [2.24, 2.45) is 0 Å². The predicted molar refractivity (Wildman–Crippen MR) is 89.1 cm³/mol. The van der Waals surface area contributed by atoms with Crippen LogP contribution in [-0.4, -0.2) is 6.09 Å². The molecule has 0 aliphatic rings. The van der Waals surface area contributed by atoms with Crippen LogP contribution in [0.3, 0.4) is 0 Å². The van der Waals surface area contributed by atoms with Gasteiger partial charge in [-0.15, -0.1) is 0 Å². The Kier molecular flexibility index (Phi) is 5.02. The minimum Gasteiger partial charge on any atom is -0.410 e. The van der Waals surface area contributed by atoms with Crippen LogP contribution in [0.5, 0.6) is 5.75 Å². The van der Waals surface area contributed by atoms with E-state index < -0.39 is 6.09 Å². The van der Waals surface area contributed by atoms with Gasteiger partial charge in [0.25, 0.3) is 0 Å². The third-order valence-corrected chi connectivity index (χ3v) is 3.70. The van der Waals surface area contributed by atoms with Gasteiger partial charge in [-0.25, -0.2) is 4.79 Å². The highest BCUT2D eigenvalue weighted by molar-refractivity contribution is 9.10. The van der Waals surface area contributed by atoms with Crippen molar-refractivity contribution in [3.8, 4) is 5.75 Å². The lowest BCUT2D eigenvalue weighted by atomic mass is 10.0. The summed E-state index contributed by atoms with van der Waals surface area (Å²) >= 11 is 3.35. The summed E-state index contributed by atoms with van der Waals surface area (Å²) < 4.78 is 6.37. The number of rotatable bonds is 3. The maximum absolute atomic E-state index is 12.0. The topological polar surface area (TPSA) is 38.3 Å². The van der Waals surface area contributed by atoms with E-state index in [1.54, 1.807) is 0 Å². The number of carbonyl (C=O) groups excluding carboxylic acids is 1. The molecule has 2 rings (SSSR count). The Morgan fingerprint density at radius 3 is 2.43 bits per heavy atom. The summed E-state index contributed by atoms with van der Waals surface area (Å²) in [7, 11) is 0. The molecule has 0 bridgehead atoms. The van der Waals surface area contributed by atoms with E-state index >= 15 is 0 Å². The van der Waals surface area contributed by atoms with Gasteiger partial charge in [-0.2, -0.15) is 0 Å². The molecule has 21 heavy (non-hydrogen) atoms. The zero-order valence-corrected chi connectivity index (χ0v) is 13.9. The molecule has 2 aromatic carbocycles. The molecule has 0 saturated carbocycles. The summed E-state index contributed by atoms with van der Waals surface area (Å²) in [6, 6.07) is 13.3. The van der Waals surface area contributed by atoms with Crippen LogP contribution in [0.25, 0.3) is 0 Å². The van der Waals surface area contributed by atoms with Gasteiger partial charge >= 0.3 is 6.09 Å². The van der Waals surface area contributed by atoms with Crippen LogP contribution in [-0.2, 0) is 0 Å². The van der Waals surface area contributed by atoms with E-state index in [1.807, 2.05) is 43.3 Å². The molecule has 1 amide bonds. The minimum absolute atomic E-state index is 0.391. The highest BCUT2D eigenvalue weighted by atomic mass is 79.9. The van der Waals surface area contributed by atoms with Crippen LogP contribution >= 0.6 is 15.9 Å². The number of hydrogen-bond donors (Lipinski definition) is 1. The van der Waals surface area contributed by atoms with Gasteiger partial charge in [0.2, 0.25) is 0 Å². The maximum Gasteiger partial charge on any atom is 0.417 e. The molecule has 0 spiro atoms. The smallest absolute Gasteiger partial charge is 0.410 e. The molecule has 0 heterocycles. The Balaban J connectivity index is 2.08. The highest BCUT2D eigenvalue weighted by Crippen LogP contribution is 2.24. The first kappa shape index (κ1) is 15.6. The van der Waals surface area contributed by atoms with E-state index in [0.717, 1.165) is 15.6 Å². The molecule has 3 nitrogen and oxygen atoms in total. The Morgan fingerprint density at radius 2 is 1.81 bits per heavy atom. The second kappa shape index (κ2) is 6.76. The van der Waals surface area contributed by atoms with E-state index in [0.29, 0.717) is 17.4 Å². The van der Waals surface area contributed by atoms with Crippen LogP contribution < -0.4 is 10.1 Å². The lowest BCUT2D eigenvalue weighted by Crippen LogP contribution is -2.17. The highest BCUT2D eigenvalue weighted by Gasteiger charge is 2.09. The van der Waals surface area contributed by atoms with Gasteiger partial charge in [-0.05, 0) is 54.3 Å². The first-order valence-corrected chi connectivity index (χ1v) is 7.60. The third kappa shape index (κ3) is 4.33. The second-order valence-corrected chi connectivity index (χ2v) is 6.12. The van der Waals surface area contributed by atoms with Crippen LogP contribution in [0.4, 0.5) is 10.5 Å². The summed E-state index contributed by atoms with van der Waals surface area (Å²) in [4.78, 5) is 12.0. The molecule has 0 fully saturated rings. The lowest BCUT2D eigenvalue weighted by molar-refractivity contribution is 0.215. The van der Waals surface area contributed by atoms with Crippen molar-refractivity contribution in [1.29, 1.82) is 0 Å². The van der Waals surface area contributed by atoms with Gasteiger partial charge in [-0.1, -0.05) is 41.9 Å². The van der Waals surface area contributed by atoms with Gasteiger partial charge in [-0.3, -0.25) is 5.32 Å². The monoisotopic (exact) mass is 347 g/mol. The van der Waals surface area contributed by atoms with Crippen molar-refractivity contribution in [2.75, 3.05) is 5.32 Å². The average molecular weight is 348 g/mol. The fourth-order valence-electron chi connectivity index (χ4n) is 1.86. The molecule has 0 aliphatic carbocycles.